The largest absolute Gasteiger partial charge is 0.426 e. The van der Waals surface area contributed by atoms with Crippen LogP contribution in [0.15, 0.2) is 60.7 Å². The van der Waals surface area contributed by atoms with Gasteiger partial charge < -0.3 is 14.2 Å². The van der Waals surface area contributed by atoms with Crippen LogP contribution in [-0.4, -0.2) is 38.4 Å². The van der Waals surface area contributed by atoms with E-state index in [2.05, 4.69) is 4.74 Å². The number of halogens is 2. The highest BCUT2D eigenvalue weighted by Gasteiger charge is 2.24. The van der Waals surface area contributed by atoms with Crippen LogP contribution in [0.1, 0.15) is 27.0 Å². The number of aryl methyl sites for hydroxylation is 2. The molecule has 7 nitrogen and oxygen atoms in total. The fourth-order valence-corrected chi connectivity index (χ4v) is 3.64. The average Bonchev–Trinajstić information content (AvgIpc) is 2.81. The van der Waals surface area contributed by atoms with Gasteiger partial charge in [-0.15, -0.1) is 0 Å². The Labute approximate surface area is 207 Å². The van der Waals surface area contributed by atoms with Crippen molar-refractivity contribution in [2.75, 3.05) is 25.4 Å². The minimum atomic E-state index is -0.904. The summed E-state index contributed by atoms with van der Waals surface area (Å²) in [6.45, 7) is 2.48. The highest BCUT2D eigenvalue weighted by atomic mass is 35.5. The lowest BCUT2D eigenvalue weighted by atomic mass is 9.99. The van der Waals surface area contributed by atoms with Crippen molar-refractivity contribution >= 4 is 40.8 Å². The number of carbonyl (C=O) groups is 3. The normalized spacial score (nSPS) is 10.5. The summed E-state index contributed by atoms with van der Waals surface area (Å²) in [5.41, 5.74) is 2.57. The lowest BCUT2D eigenvalue weighted by molar-refractivity contribution is -0.155. The van der Waals surface area contributed by atoms with E-state index < -0.39 is 24.7 Å². The number of benzene rings is 3. The molecular weight excluding hydrogens is 477 g/mol. The summed E-state index contributed by atoms with van der Waals surface area (Å²) < 4.78 is 28.3. The van der Waals surface area contributed by atoms with Gasteiger partial charge in [0.15, 0.2) is 5.78 Å². The van der Waals surface area contributed by atoms with E-state index in [1.165, 1.54) is 43.5 Å². The molecule has 0 aliphatic carbocycles. The van der Waals surface area contributed by atoms with Crippen molar-refractivity contribution in [1.29, 1.82) is 0 Å². The highest BCUT2D eigenvalue weighted by Crippen LogP contribution is 2.33. The quantitative estimate of drug-likeness (QED) is 0.223. The van der Waals surface area contributed by atoms with Crippen molar-refractivity contribution in [3.8, 4) is 0 Å². The fraction of sp³-hybridized carbons (Fsp3) is 0.192. The number of esters is 1. The van der Waals surface area contributed by atoms with Gasteiger partial charge in [-0.2, -0.15) is 0 Å². The monoisotopic (exact) mass is 499 g/mol. The summed E-state index contributed by atoms with van der Waals surface area (Å²) in [5.74, 6) is -1.46. The number of hydrogen-bond donors (Lipinski definition) is 0. The van der Waals surface area contributed by atoms with Gasteiger partial charge in [-0.05, 0) is 61.4 Å². The predicted molar refractivity (Wildman–Crippen MR) is 129 cm³/mol. The number of hydrogen-bond acceptors (Lipinski definition) is 6. The van der Waals surface area contributed by atoms with Gasteiger partial charge >= 0.3 is 12.1 Å². The summed E-state index contributed by atoms with van der Waals surface area (Å²) in [4.78, 5) is 38.6. The number of amides is 1. The van der Waals surface area contributed by atoms with Gasteiger partial charge in [0.25, 0.3) is 0 Å². The number of rotatable bonds is 8. The second-order valence-corrected chi connectivity index (χ2v) is 7.96. The summed E-state index contributed by atoms with van der Waals surface area (Å²) in [6, 6.07) is 15.4. The van der Waals surface area contributed by atoms with Gasteiger partial charge in [-0.1, -0.05) is 35.9 Å². The molecule has 1 amide bonds. The van der Waals surface area contributed by atoms with E-state index in [0.29, 0.717) is 16.8 Å². The zero-order valence-corrected chi connectivity index (χ0v) is 20.1. The zero-order chi connectivity index (χ0) is 25.5. The Morgan fingerprint density at radius 3 is 2.31 bits per heavy atom. The molecule has 0 heterocycles. The molecule has 0 saturated carbocycles. The second-order valence-electron chi connectivity index (χ2n) is 7.55. The van der Waals surface area contributed by atoms with Gasteiger partial charge in [0.2, 0.25) is 6.79 Å². The van der Waals surface area contributed by atoms with Crippen LogP contribution in [0.2, 0.25) is 5.02 Å². The molecule has 35 heavy (non-hydrogen) atoms. The minimum absolute atomic E-state index is 0.111. The van der Waals surface area contributed by atoms with Gasteiger partial charge in [0.1, 0.15) is 12.4 Å². The maximum atomic E-state index is 13.7. The van der Waals surface area contributed by atoms with Crippen molar-refractivity contribution in [3.63, 3.8) is 0 Å². The van der Waals surface area contributed by atoms with Gasteiger partial charge in [-0.3, -0.25) is 4.79 Å². The van der Waals surface area contributed by atoms with Gasteiger partial charge in [0, 0.05) is 18.2 Å². The fourth-order valence-electron chi connectivity index (χ4n) is 3.38. The lowest BCUT2D eigenvalue weighted by Gasteiger charge is -2.24. The number of nitrogens with zero attached hydrogens (tertiary/aromatic N) is 1. The minimum Gasteiger partial charge on any atom is -0.426 e. The van der Waals surface area contributed by atoms with Crippen LogP contribution in [0.3, 0.4) is 0 Å². The van der Waals surface area contributed by atoms with Crippen LogP contribution in [-0.2, 0) is 19.0 Å². The molecule has 9 heteroatoms. The lowest BCUT2D eigenvalue weighted by Crippen LogP contribution is -2.29. The summed E-state index contributed by atoms with van der Waals surface area (Å²) >= 11 is 6.47. The third-order valence-electron chi connectivity index (χ3n) is 5.09. The molecule has 182 valence electrons. The van der Waals surface area contributed by atoms with Gasteiger partial charge in [-0.25, -0.2) is 18.9 Å². The van der Waals surface area contributed by atoms with Crippen molar-refractivity contribution in [1.82, 2.24) is 0 Å². The Hall–Kier alpha value is -3.75. The third-order valence-corrected chi connectivity index (χ3v) is 5.40. The van der Waals surface area contributed by atoms with E-state index in [-0.39, 0.29) is 28.7 Å². The average molecular weight is 500 g/mol. The molecule has 0 bridgehead atoms. The number of methoxy groups -OCH3 is 1. The van der Waals surface area contributed by atoms with Crippen LogP contribution in [0.4, 0.5) is 20.6 Å². The molecule has 0 unspecified atom stereocenters. The van der Waals surface area contributed by atoms with Crippen LogP contribution >= 0.6 is 11.6 Å². The second kappa shape index (κ2) is 11.6. The molecule has 0 N–H and O–H groups in total. The summed E-state index contributed by atoms with van der Waals surface area (Å²) in [7, 11) is 1.32. The van der Waals surface area contributed by atoms with E-state index in [0.717, 1.165) is 10.5 Å². The Balaban J connectivity index is 1.94. The van der Waals surface area contributed by atoms with Crippen molar-refractivity contribution < 1.29 is 33.0 Å². The Bertz CT molecular complexity index is 1260. The van der Waals surface area contributed by atoms with Crippen molar-refractivity contribution in [2.45, 2.75) is 13.8 Å². The molecular formula is C26H23ClFNO6. The first-order valence-electron chi connectivity index (χ1n) is 10.5. The molecule has 0 aliphatic rings. The molecule has 3 aromatic rings. The summed E-state index contributed by atoms with van der Waals surface area (Å²) in [5, 5.41) is 0.111. The number of carbonyl (C=O) groups excluding carboxylic acids is 3. The van der Waals surface area contributed by atoms with E-state index in [9.17, 15) is 18.8 Å². The van der Waals surface area contributed by atoms with Crippen LogP contribution < -0.4 is 4.90 Å². The molecule has 3 aromatic carbocycles. The molecule has 0 atom stereocenters. The molecule has 0 aliphatic heterocycles. The first-order chi connectivity index (χ1) is 16.7. The molecule has 0 radical (unpaired) electrons. The SMILES string of the molecule is COCC(=O)OCOC(=O)N(c1ccc(C(=O)c2ccccc2C)c(Cl)c1)c1ccc(F)cc1C. The van der Waals surface area contributed by atoms with Crippen LogP contribution in [0.5, 0.6) is 0 Å². The first-order valence-corrected chi connectivity index (χ1v) is 10.9. The Morgan fingerprint density at radius 1 is 0.914 bits per heavy atom. The zero-order valence-electron chi connectivity index (χ0n) is 19.3. The molecule has 0 fully saturated rings. The molecule has 3 rings (SSSR count). The standard InChI is InChI=1S/C26H23ClFNO6/c1-16-6-4-5-7-20(16)25(31)21-10-9-19(13-22(21)27)29(23-11-8-18(28)12-17(23)2)26(32)35-15-34-24(30)14-33-3/h4-13H,14-15H2,1-3H3. The smallest absolute Gasteiger partial charge is 0.421 e. The van der Waals surface area contributed by atoms with E-state index >= 15 is 0 Å². The summed E-state index contributed by atoms with van der Waals surface area (Å²) in [6.07, 6.45) is -0.904. The molecule has 0 aromatic heterocycles. The maximum Gasteiger partial charge on any atom is 0.421 e. The predicted octanol–water partition coefficient (Wildman–Crippen LogP) is 5.75. The van der Waals surface area contributed by atoms with E-state index in [1.54, 1.807) is 19.1 Å². The van der Waals surface area contributed by atoms with Crippen LogP contribution in [0.25, 0.3) is 0 Å². The highest BCUT2D eigenvalue weighted by molar-refractivity contribution is 6.35. The maximum absolute atomic E-state index is 13.7. The third kappa shape index (κ3) is 6.23. The molecule has 0 saturated heterocycles. The van der Waals surface area contributed by atoms with Gasteiger partial charge in [0.05, 0.1) is 16.4 Å². The number of ketones is 1. The number of ether oxygens (including phenoxy) is 3. The Morgan fingerprint density at radius 2 is 1.66 bits per heavy atom. The van der Waals surface area contributed by atoms with Crippen molar-refractivity contribution in [3.05, 3.63) is 93.8 Å². The van der Waals surface area contributed by atoms with E-state index in [1.807, 2.05) is 19.1 Å². The first kappa shape index (κ1) is 25.9. The van der Waals surface area contributed by atoms with E-state index in [4.69, 9.17) is 21.1 Å². The Kier molecular flexibility index (Phi) is 8.57. The van der Waals surface area contributed by atoms with Crippen LogP contribution in [0, 0.1) is 19.7 Å². The molecule has 0 spiro atoms. The topological polar surface area (TPSA) is 82.1 Å². The van der Waals surface area contributed by atoms with Crippen molar-refractivity contribution in [2.24, 2.45) is 0 Å². The number of anilines is 2.